The van der Waals surface area contributed by atoms with Crippen molar-refractivity contribution in [2.24, 2.45) is 5.41 Å². The predicted molar refractivity (Wildman–Crippen MR) is 178 cm³/mol. The number of rotatable bonds is 9. The van der Waals surface area contributed by atoms with E-state index in [-0.39, 0.29) is 29.4 Å². The molecule has 0 bridgehead atoms. The van der Waals surface area contributed by atoms with Gasteiger partial charge in [-0.05, 0) is 77.9 Å². The van der Waals surface area contributed by atoms with Gasteiger partial charge < -0.3 is 25.0 Å². The van der Waals surface area contributed by atoms with Crippen LogP contribution in [-0.2, 0) is 16.0 Å². The highest BCUT2D eigenvalue weighted by Gasteiger charge is 2.42. The van der Waals surface area contributed by atoms with Crippen molar-refractivity contribution in [1.82, 2.24) is 5.32 Å². The zero-order chi connectivity index (χ0) is 32.3. The lowest BCUT2D eigenvalue weighted by atomic mass is 9.73. The number of nitrogens with one attached hydrogen (secondary N) is 2. The molecule has 2 aliphatic rings. The van der Waals surface area contributed by atoms with Crippen molar-refractivity contribution >= 4 is 23.1 Å². The number of fused-ring (bicyclic) bond motifs is 1. The van der Waals surface area contributed by atoms with Crippen LogP contribution in [0.2, 0.25) is 0 Å². The molecule has 7 nitrogen and oxygen atoms in total. The quantitative estimate of drug-likeness (QED) is 0.201. The van der Waals surface area contributed by atoms with Gasteiger partial charge in [0, 0.05) is 24.2 Å². The van der Waals surface area contributed by atoms with Crippen molar-refractivity contribution in [2.75, 3.05) is 30.4 Å². The molecule has 0 saturated heterocycles. The van der Waals surface area contributed by atoms with E-state index in [4.69, 9.17) is 9.47 Å². The van der Waals surface area contributed by atoms with E-state index in [1.54, 1.807) is 31.4 Å². The van der Waals surface area contributed by atoms with Gasteiger partial charge >= 0.3 is 0 Å². The molecule has 1 aliphatic carbocycles. The SMILES string of the molecule is COc1ccc(CCNC(=O)CN2c3ccccc3NC3=C(C(=O)CC(C)(C)C3)C2c2ccc(F)c(Oc3ccccc3)c2)cc1. The van der Waals surface area contributed by atoms with Gasteiger partial charge in [-0.3, -0.25) is 9.59 Å². The van der Waals surface area contributed by atoms with E-state index >= 15 is 4.39 Å². The van der Waals surface area contributed by atoms with Crippen LogP contribution in [0.25, 0.3) is 0 Å². The van der Waals surface area contributed by atoms with Gasteiger partial charge in [-0.1, -0.05) is 62.4 Å². The number of methoxy groups -OCH3 is 1. The van der Waals surface area contributed by atoms with Gasteiger partial charge in [0.05, 0.1) is 31.1 Å². The van der Waals surface area contributed by atoms with Gasteiger partial charge in [0.15, 0.2) is 17.3 Å². The van der Waals surface area contributed by atoms with Crippen LogP contribution in [0.3, 0.4) is 0 Å². The number of hydrogen-bond acceptors (Lipinski definition) is 6. The van der Waals surface area contributed by atoms with Crippen molar-refractivity contribution < 1.29 is 23.5 Å². The number of Topliss-reactive ketones (excluding diaryl/α,β-unsaturated/α-hetero) is 1. The molecular weight excluding hydrogens is 581 g/mol. The van der Waals surface area contributed by atoms with Crippen LogP contribution >= 0.6 is 0 Å². The first-order valence-electron chi connectivity index (χ1n) is 15.5. The summed E-state index contributed by atoms with van der Waals surface area (Å²) in [5.41, 5.74) is 4.45. The smallest absolute Gasteiger partial charge is 0.239 e. The van der Waals surface area contributed by atoms with Crippen molar-refractivity contribution in [1.29, 1.82) is 0 Å². The number of halogens is 1. The Hall–Kier alpha value is -5.11. The molecule has 0 radical (unpaired) electrons. The zero-order valence-electron chi connectivity index (χ0n) is 26.3. The summed E-state index contributed by atoms with van der Waals surface area (Å²) in [7, 11) is 1.63. The van der Waals surface area contributed by atoms with Crippen LogP contribution in [0, 0.1) is 11.2 Å². The van der Waals surface area contributed by atoms with Crippen LogP contribution in [0.5, 0.6) is 17.2 Å². The molecule has 0 aromatic heterocycles. The predicted octanol–water partition coefficient (Wildman–Crippen LogP) is 7.60. The number of amides is 1. The molecule has 4 aromatic carbocycles. The van der Waals surface area contributed by atoms with Gasteiger partial charge in [0.25, 0.3) is 0 Å². The minimum Gasteiger partial charge on any atom is -0.497 e. The van der Waals surface area contributed by atoms with E-state index in [9.17, 15) is 9.59 Å². The Kier molecular flexibility index (Phi) is 8.79. The van der Waals surface area contributed by atoms with Crippen LogP contribution in [0.4, 0.5) is 15.8 Å². The molecule has 8 heteroatoms. The lowest BCUT2D eigenvalue weighted by Gasteiger charge is -2.38. The molecule has 236 valence electrons. The fourth-order valence-corrected chi connectivity index (χ4v) is 6.31. The average molecular weight is 620 g/mol. The number of allylic oxidation sites excluding steroid dienone is 1. The minimum atomic E-state index is -0.666. The molecule has 4 aromatic rings. The Morgan fingerprint density at radius 2 is 1.70 bits per heavy atom. The third-order valence-corrected chi connectivity index (χ3v) is 8.45. The molecule has 0 spiro atoms. The summed E-state index contributed by atoms with van der Waals surface area (Å²) in [6.45, 7) is 4.59. The van der Waals surface area contributed by atoms with Gasteiger partial charge in [0.1, 0.15) is 11.5 Å². The van der Waals surface area contributed by atoms with E-state index in [0.29, 0.717) is 42.7 Å². The summed E-state index contributed by atoms with van der Waals surface area (Å²) >= 11 is 0. The first-order valence-corrected chi connectivity index (χ1v) is 15.5. The maximum atomic E-state index is 15.2. The topological polar surface area (TPSA) is 79.9 Å². The Balaban J connectivity index is 1.37. The number of carbonyl (C=O) groups is 2. The molecule has 1 amide bonds. The van der Waals surface area contributed by atoms with Gasteiger partial charge in [-0.25, -0.2) is 4.39 Å². The van der Waals surface area contributed by atoms with Crippen molar-refractivity contribution in [3.05, 3.63) is 125 Å². The number of benzene rings is 4. The highest BCUT2D eigenvalue weighted by Crippen LogP contribution is 2.48. The average Bonchev–Trinajstić information content (AvgIpc) is 3.17. The van der Waals surface area contributed by atoms with Crippen LogP contribution in [-0.4, -0.2) is 31.9 Å². The number of hydrogen-bond donors (Lipinski definition) is 2. The van der Waals surface area contributed by atoms with E-state index in [0.717, 1.165) is 28.4 Å². The molecule has 0 saturated carbocycles. The first-order chi connectivity index (χ1) is 22.2. The second kappa shape index (κ2) is 13.1. The summed E-state index contributed by atoms with van der Waals surface area (Å²) in [6, 6.07) is 28.5. The molecule has 46 heavy (non-hydrogen) atoms. The van der Waals surface area contributed by atoms with Gasteiger partial charge in [0.2, 0.25) is 5.91 Å². The van der Waals surface area contributed by atoms with Crippen molar-refractivity contribution in [3.8, 4) is 17.2 Å². The Bertz CT molecular complexity index is 1770. The van der Waals surface area contributed by atoms with E-state index in [2.05, 4.69) is 24.5 Å². The molecule has 1 heterocycles. The van der Waals surface area contributed by atoms with Gasteiger partial charge in [-0.15, -0.1) is 0 Å². The van der Waals surface area contributed by atoms with Crippen molar-refractivity contribution in [3.63, 3.8) is 0 Å². The largest absolute Gasteiger partial charge is 0.497 e. The van der Waals surface area contributed by atoms with Crippen LogP contribution in [0.15, 0.2) is 108 Å². The number of nitrogens with zero attached hydrogens (tertiary/aromatic N) is 1. The van der Waals surface area contributed by atoms with Gasteiger partial charge in [-0.2, -0.15) is 0 Å². The second-order valence-electron chi connectivity index (χ2n) is 12.6. The standard InChI is InChI=1S/C38H38FN3O4/c1-38(2)22-31-36(33(43)23-38)37(26-15-18-29(39)34(21-26)46-28-9-5-4-6-10-28)42(32-12-8-7-11-30(32)41-31)24-35(44)40-20-19-25-13-16-27(45-3)17-14-25/h4-18,21,37,41H,19-20,22-24H2,1-3H3,(H,40,44). The maximum absolute atomic E-state index is 15.2. The number of anilines is 2. The third kappa shape index (κ3) is 6.76. The summed E-state index contributed by atoms with van der Waals surface area (Å²) in [6.07, 6.45) is 1.66. The Morgan fingerprint density at radius 1 is 0.957 bits per heavy atom. The van der Waals surface area contributed by atoms with E-state index in [1.165, 1.54) is 6.07 Å². The van der Waals surface area contributed by atoms with Crippen LogP contribution in [0.1, 0.15) is 43.9 Å². The lowest BCUT2D eigenvalue weighted by Crippen LogP contribution is -2.42. The second-order valence-corrected chi connectivity index (χ2v) is 12.6. The molecule has 6 rings (SSSR count). The third-order valence-electron chi connectivity index (χ3n) is 8.45. The van der Waals surface area contributed by atoms with E-state index in [1.807, 2.05) is 71.6 Å². The number of para-hydroxylation sites is 3. The zero-order valence-corrected chi connectivity index (χ0v) is 26.3. The molecular formula is C38H38FN3O4. The Morgan fingerprint density at radius 3 is 2.46 bits per heavy atom. The summed E-state index contributed by atoms with van der Waals surface area (Å²) in [5, 5.41) is 6.62. The summed E-state index contributed by atoms with van der Waals surface area (Å²) in [4.78, 5) is 29.6. The number of ketones is 1. The first kappa shape index (κ1) is 30.9. The molecule has 1 aliphatic heterocycles. The monoisotopic (exact) mass is 619 g/mol. The molecule has 1 atom stereocenters. The maximum Gasteiger partial charge on any atom is 0.239 e. The number of ether oxygens (including phenoxy) is 2. The highest BCUT2D eigenvalue weighted by molar-refractivity contribution is 6.02. The number of carbonyl (C=O) groups excluding carboxylic acids is 2. The van der Waals surface area contributed by atoms with Crippen LogP contribution < -0.4 is 25.0 Å². The fraction of sp³-hybridized carbons (Fsp3) is 0.263. The molecule has 2 N–H and O–H groups in total. The highest BCUT2D eigenvalue weighted by atomic mass is 19.1. The van der Waals surface area contributed by atoms with Crippen molar-refractivity contribution in [2.45, 2.75) is 39.2 Å². The summed E-state index contributed by atoms with van der Waals surface area (Å²) < 4.78 is 26.4. The lowest BCUT2D eigenvalue weighted by molar-refractivity contribution is -0.120. The fourth-order valence-electron chi connectivity index (χ4n) is 6.31. The molecule has 0 fully saturated rings. The van der Waals surface area contributed by atoms with E-state index < -0.39 is 11.9 Å². The summed E-state index contributed by atoms with van der Waals surface area (Å²) in [5.74, 6) is 0.603. The Labute approximate surface area is 269 Å². The normalized spacial score (nSPS) is 16.9. The minimum absolute atomic E-state index is 0.00340. The molecule has 1 unspecified atom stereocenters.